The molecule has 0 spiro atoms. The van der Waals surface area contributed by atoms with Gasteiger partial charge in [0.05, 0.1) is 5.56 Å². The number of aromatic amines is 1. The lowest BCUT2D eigenvalue weighted by molar-refractivity contribution is -0.724. The molecule has 2 aromatic carbocycles. The van der Waals surface area contributed by atoms with Crippen LogP contribution < -0.4 is 10.3 Å². The molecule has 1 aliphatic rings. The third kappa shape index (κ3) is 1.60. The number of nitrogens with one attached hydrogen (secondary N) is 1. The summed E-state index contributed by atoms with van der Waals surface area (Å²) in [5.74, 6) is 1.11. The Morgan fingerprint density at radius 1 is 1.10 bits per heavy atom. The van der Waals surface area contributed by atoms with Crippen LogP contribution in [0.15, 0.2) is 65.4 Å². The molecule has 1 aliphatic heterocycles. The third-order valence-corrected chi connectivity index (χ3v) is 4.87. The Labute approximate surface area is 131 Å². The Kier molecular flexibility index (Phi) is 2.77. The zero-order valence-electron chi connectivity index (χ0n) is 11.4. The highest BCUT2D eigenvalue weighted by Gasteiger charge is 2.49. The molecule has 3 nitrogen and oxygen atoms in total. The van der Waals surface area contributed by atoms with Crippen LogP contribution in [0.5, 0.6) is 0 Å². The summed E-state index contributed by atoms with van der Waals surface area (Å²) in [5.41, 5.74) is 9.61. The van der Waals surface area contributed by atoms with Gasteiger partial charge in [0.15, 0.2) is 5.54 Å². The molecule has 3 N–H and O–H groups in total. The van der Waals surface area contributed by atoms with Crippen molar-refractivity contribution in [2.24, 2.45) is 5.73 Å². The first-order valence-corrected chi connectivity index (χ1v) is 7.72. The van der Waals surface area contributed by atoms with E-state index in [0.29, 0.717) is 6.54 Å². The summed E-state index contributed by atoms with van der Waals surface area (Å²) in [6, 6.07) is 16.9. The fourth-order valence-electron chi connectivity index (χ4n) is 3.39. The molecule has 2 heterocycles. The largest absolute Gasteiger partial charge is 0.326 e. The first kappa shape index (κ1) is 12.8. The molecule has 104 valence electrons. The van der Waals surface area contributed by atoms with E-state index in [4.69, 9.17) is 5.73 Å². The first-order valence-electron chi connectivity index (χ1n) is 6.93. The Hall–Kier alpha value is -1.91. The molecular weight excluding hydrogens is 326 g/mol. The average Bonchev–Trinajstić information content (AvgIpc) is 3.09. The van der Waals surface area contributed by atoms with Crippen LogP contribution in [0.2, 0.25) is 0 Å². The van der Waals surface area contributed by atoms with Gasteiger partial charge in [-0.1, -0.05) is 46.3 Å². The van der Waals surface area contributed by atoms with Gasteiger partial charge in [-0.3, -0.25) is 0 Å². The molecule has 1 atom stereocenters. The topological polar surface area (TPSA) is 45.7 Å². The molecule has 21 heavy (non-hydrogen) atoms. The van der Waals surface area contributed by atoms with Gasteiger partial charge in [0.1, 0.15) is 12.4 Å². The van der Waals surface area contributed by atoms with E-state index in [2.05, 4.69) is 80.2 Å². The van der Waals surface area contributed by atoms with Gasteiger partial charge in [-0.2, -0.15) is 0 Å². The van der Waals surface area contributed by atoms with Crippen molar-refractivity contribution in [3.05, 3.63) is 76.5 Å². The number of H-pyrrole nitrogens is 1. The van der Waals surface area contributed by atoms with Crippen molar-refractivity contribution in [1.82, 2.24) is 4.98 Å². The number of imidazole rings is 1. The summed E-state index contributed by atoms with van der Waals surface area (Å²) in [6.45, 7) is 0.515. The van der Waals surface area contributed by atoms with Gasteiger partial charge in [0.2, 0.25) is 0 Å². The first-order chi connectivity index (χ1) is 10.3. The number of fused-ring (bicyclic) bond motifs is 3. The number of hydrogen-bond acceptors (Lipinski definition) is 1. The van der Waals surface area contributed by atoms with Gasteiger partial charge < -0.3 is 5.73 Å². The minimum Gasteiger partial charge on any atom is -0.326 e. The van der Waals surface area contributed by atoms with Crippen molar-refractivity contribution in [2.45, 2.75) is 5.54 Å². The highest BCUT2D eigenvalue weighted by molar-refractivity contribution is 9.10. The summed E-state index contributed by atoms with van der Waals surface area (Å²) in [5, 5.41) is 0. The van der Waals surface area contributed by atoms with E-state index in [-0.39, 0.29) is 5.54 Å². The normalized spacial score (nSPS) is 19.3. The number of rotatable bonds is 2. The zero-order valence-corrected chi connectivity index (χ0v) is 13.0. The number of benzene rings is 2. The van der Waals surface area contributed by atoms with Crippen LogP contribution in [-0.2, 0) is 5.54 Å². The van der Waals surface area contributed by atoms with E-state index in [1.807, 2.05) is 6.20 Å². The molecule has 0 amide bonds. The maximum Gasteiger partial charge on any atom is 0.288 e. The van der Waals surface area contributed by atoms with Crippen LogP contribution in [0.1, 0.15) is 11.1 Å². The summed E-state index contributed by atoms with van der Waals surface area (Å²) in [6.07, 6.45) is 4.04. The van der Waals surface area contributed by atoms with Gasteiger partial charge >= 0.3 is 0 Å². The van der Waals surface area contributed by atoms with Crippen LogP contribution in [-0.4, -0.2) is 11.5 Å². The molecule has 0 radical (unpaired) electrons. The number of nitrogens with zero attached hydrogens (tertiary/aromatic N) is 1. The predicted octanol–water partition coefficient (Wildman–Crippen LogP) is 2.80. The van der Waals surface area contributed by atoms with Crippen LogP contribution in [0.4, 0.5) is 0 Å². The predicted molar refractivity (Wildman–Crippen MR) is 85.8 cm³/mol. The quantitative estimate of drug-likeness (QED) is 0.692. The summed E-state index contributed by atoms with van der Waals surface area (Å²) >= 11 is 3.51. The molecule has 4 heteroatoms. The van der Waals surface area contributed by atoms with Crippen molar-refractivity contribution < 1.29 is 4.57 Å². The van der Waals surface area contributed by atoms with E-state index in [9.17, 15) is 0 Å². The zero-order chi connectivity index (χ0) is 14.4. The highest BCUT2D eigenvalue weighted by Crippen LogP contribution is 2.40. The number of halogens is 1. The van der Waals surface area contributed by atoms with Crippen LogP contribution in [0.25, 0.3) is 11.4 Å². The maximum absolute atomic E-state index is 6.28. The van der Waals surface area contributed by atoms with Crippen molar-refractivity contribution in [3.63, 3.8) is 0 Å². The van der Waals surface area contributed by atoms with Crippen LogP contribution in [0, 0.1) is 0 Å². The highest BCUT2D eigenvalue weighted by atomic mass is 79.9. The van der Waals surface area contributed by atoms with Gasteiger partial charge in [0, 0.05) is 22.1 Å². The Bertz CT molecular complexity index is 807. The molecule has 0 bridgehead atoms. The molecule has 1 unspecified atom stereocenters. The molecule has 0 aliphatic carbocycles. The fourth-order valence-corrected chi connectivity index (χ4v) is 3.65. The smallest absolute Gasteiger partial charge is 0.288 e. The molecule has 0 saturated heterocycles. The number of aromatic nitrogens is 2. The molecular formula is C17H15BrN3+. The van der Waals surface area contributed by atoms with E-state index in [1.165, 1.54) is 16.7 Å². The van der Waals surface area contributed by atoms with Gasteiger partial charge in [-0.25, -0.2) is 9.55 Å². The summed E-state index contributed by atoms with van der Waals surface area (Å²) in [4.78, 5) is 3.34. The Morgan fingerprint density at radius 2 is 1.86 bits per heavy atom. The SMILES string of the molecule is NCC1(c2ccc(Br)cc2)c2ccccc2-c2[nH]cc[n+]21. The van der Waals surface area contributed by atoms with Crippen molar-refractivity contribution >= 4 is 15.9 Å². The average molecular weight is 341 g/mol. The van der Waals surface area contributed by atoms with Crippen LogP contribution in [0.3, 0.4) is 0 Å². The van der Waals surface area contributed by atoms with Crippen molar-refractivity contribution in [2.75, 3.05) is 6.54 Å². The van der Waals surface area contributed by atoms with Gasteiger partial charge in [-0.15, -0.1) is 0 Å². The maximum atomic E-state index is 6.28. The second-order valence-electron chi connectivity index (χ2n) is 5.30. The number of hydrogen-bond donors (Lipinski definition) is 2. The summed E-state index contributed by atoms with van der Waals surface area (Å²) in [7, 11) is 0. The van der Waals surface area contributed by atoms with E-state index in [0.717, 1.165) is 10.3 Å². The number of nitrogens with two attached hydrogens (primary N) is 1. The molecule has 0 saturated carbocycles. The van der Waals surface area contributed by atoms with Gasteiger partial charge in [0.25, 0.3) is 5.82 Å². The van der Waals surface area contributed by atoms with Gasteiger partial charge in [-0.05, 0) is 18.2 Å². The minimum absolute atomic E-state index is 0.341. The standard InChI is InChI=1S/C17H14BrN3/c18-13-7-5-12(6-8-13)17(11-19)15-4-2-1-3-14(15)16-20-9-10-21(16)17/h1-10H,11,19H2/p+1. The monoisotopic (exact) mass is 340 g/mol. The van der Waals surface area contributed by atoms with E-state index in [1.54, 1.807) is 0 Å². The fraction of sp³-hybridized carbons (Fsp3) is 0.118. The summed E-state index contributed by atoms with van der Waals surface area (Å²) < 4.78 is 3.32. The molecule has 4 rings (SSSR count). The minimum atomic E-state index is -0.341. The van der Waals surface area contributed by atoms with Crippen LogP contribution >= 0.6 is 15.9 Å². The molecule has 3 aromatic rings. The lowest BCUT2D eigenvalue weighted by Crippen LogP contribution is -2.58. The van der Waals surface area contributed by atoms with Crippen molar-refractivity contribution in [1.29, 1.82) is 0 Å². The molecule has 1 aromatic heterocycles. The second kappa shape index (κ2) is 4.55. The lowest BCUT2D eigenvalue weighted by Gasteiger charge is -2.27. The Morgan fingerprint density at radius 3 is 2.62 bits per heavy atom. The van der Waals surface area contributed by atoms with E-state index < -0.39 is 0 Å². The molecule has 0 fully saturated rings. The van der Waals surface area contributed by atoms with E-state index >= 15 is 0 Å². The second-order valence-corrected chi connectivity index (χ2v) is 6.21. The Balaban J connectivity index is 2.07. The lowest BCUT2D eigenvalue weighted by atomic mass is 9.83. The third-order valence-electron chi connectivity index (χ3n) is 4.34. The van der Waals surface area contributed by atoms with Crippen molar-refractivity contribution in [3.8, 4) is 11.4 Å².